The van der Waals surface area contributed by atoms with Crippen LogP contribution in [0, 0.1) is 0 Å². The topological polar surface area (TPSA) is 93.0 Å². The minimum absolute atomic E-state index is 0.225. The van der Waals surface area contributed by atoms with Gasteiger partial charge in [-0.1, -0.05) is 66.7 Å². The number of H-pyrrole nitrogens is 1. The zero-order chi connectivity index (χ0) is 22.2. The van der Waals surface area contributed by atoms with E-state index in [4.69, 9.17) is 15.5 Å². The summed E-state index contributed by atoms with van der Waals surface area (Å²) in [6.07, 6.45) is 2.03. The molecule has 0 aliphatic heterocycles. The summed E-state index contributed by atoms with van der Waals surface area (Å²) < 4.78 is 5.42. The number of imidazole rings is 1. The summed E-state index contributed by atoms with van der Waals surface area (Å²) >= 11 is 0. The predicted octanol–water partition coefficient (Wildman–Crippen LogP) is 5.33. The molecule has 1 aromatic heterocycles. The van der Waals surface area contributed by atoms with E-state index in [9.17, 15) is 4.79 Å². The fourth-order valence-electron chi connectivity index (χ4n) is 3.68. The largest absolute Gasteiger partial charge is 0.445 e. The molecule has 6 nitrogen and oxygen atoms in total. The molecule has 4 N–H and O–H groups in total. The minimum atomic E-state index is -0.461. The number of fused-ring (bicyclic) bond motifs is 1. The van der Waals surface area contributed by atoms with Crippen molar-refractivity contribution in [3.05, 3.63) is 90.3 Å². The highest BCUT2D eigenvalue weighted by atomic mass is 16.5. The molecule has 4 rings (SSSR count). The van der Waals surface area contributed by atoms with Crippen molar-refractivity contribution in [3.63, 3.8) is 0 Å². The maximum Gasteiger partial charge on any atom is 0.408 e. The number of amides is 1. The summed E-state index contributed by atoms with van der Waals surface area (Å²) in [6, 6.07) is 25.7. The van der Waals surface area contributed by atoms with Gasteiger partial charge in [-0.25, -0.2) is 9.78 Å². The number of benzene rings is 3. The number of nitrogens with one attached hydrogen (secondary N) is 2. The van der Waals surface area contributed by atoms with E-state index in [0.29, 0.717) is 6.54 Å². The van der Waals surface area contributed by atoms with Crippen LogP contribution in [0.3, 0.4) is 0 Å². The van der Waals surface area contributed by atoms with Gasteiger partial charge >= 0.3 is 6.09 Å². The van der Waals surface area contributed by atoms with Gasteiger partial charge < -0.3 is 20.8 Å². The number of hydrogen-bond acceptors (Lipinski definition) is 4. The second kappa shape index (κ2) is 10.6. The first-order valence-electron chi connectivity index (χ1n) is 11.0. The van der Waals surface area contributed by atoms with Gasteiger partial charge in [-0.2, -0.15) is 0 Å². The molecule has 1 amide bonds. The molecule has 0 fully saturated rings. The summed E-state index contributed by atoms with van der Waals surface area (Å²) in [5, 5.41) is 2.97. The molecule has 164 valence electrons. The molecule has 0 aliphatic carbocycles. The normalized spacial score (nSPS) is 11.9. The molecule has 0 radical (unpaired) electrons. The molecule has 6 heteroatoms. The zero-order valence-corrected chi connectivity index (χ0v) is 18.0. The zero-order valence-electron chi connectivity index (χ0n) is 18.0. The molecule has 1 atom stereocenters. The number of carbonyl (C=O) groups is 1. The van der Waals surface area contributed by atoms with Gasteiger partial charge in [0.1, 0.15) is 12.4 Å². The molecular weight excluding hydrogens is 400 g/mol. The van der Waals surface area contributed by atoms with Crippen molar-refractivity contribution in [2.45, 2.75) is 31.9 Å². The molecule has 0 saturated heterocycles. The predicted molar refractivity (Wildman–Crippen MR) is 127 cm³/mol. The molecule has 0 spiro atoms. The Kier molecular flexibility index (Phi) is 7.15. The van der Waals surface area contributed by atoms with Crippen LogP contribution in [0.25, 0.3) is 22.2 Å². The summed E-state index contributed by atoms with van der Waals surface area (Å²) in [5.74, 6) is 0.721. The maximum atomic E-state index is 12.5. The highest BCUT2D eigenvalue weighted by Crippen LogP contribution is 2.26. The SMILES string of the molecule is NCCCCC(NC(=O)OCc1ccccc1)c1nc2ccc(-c3ccccc3)cc2[nH]1. The van der Waals surface area contributed by atoms with Crippen molar-refractivity contribution < 1.29 is 9.53 Å². The van der Waals surface area contributed by atoms with Crippen LogP contribution < -0.4 is 11.1 Å². The number of hydrogen-bond donors (Lipinski definition) is 3. The molecule has 4 aromatic rings. The number of aromatic amines is 1. The van der Waals surface area contributed by atoms with Crippen molar-refractivity contribution in [2.75, 3.05) is 6.54 Å². The standard InChI is InChI=1S/C26H28N4O2/c27-16-8-7-13-23(30-26(31)32-18-19-9-3-1-4-10-19)25-28-22-15-14-21(17-24(22)29-25)20-11-5-2-6-12-20/h1-6,9-12,14-15,17,23H,7-8,13,16,18,27H2,(H,28,29)(H,30,31). The van der Waals surface area contributed by atoms with Crippen LogP contribution in [0.4, 0.5) is 4.79 Å². The first kappa shape index (κ1) is 21.6. The van der Waals surface area contributed by atoms with Crippen molar-refractivity contribution in [3.8, 4) is 11.1 Å². The fourth-order valence-corrected chi connectivity index (χ4v) is 3.68. The molecule has 3 aromatic carbocycles. The van der Waals surface area contributed by atoms with Gasteiger partial charge in [0.25, 0.3) is 0 Å². The Morgan fingerprint density at radius 3 is 2.47 bits per heavy atom. The van der Waals surface area contributed by atoms with Gasteiger partial charge in [0, 0.05) is 0 Å². The molecule has 0 saturated carbocycles. The van der Waals surface area contributed by atoms with E-state index in [-0.39, 0.29) is 12.6 Å². The Bertz CT molecular complexity index is 1140. The first-order chi connectivity index (χ1) is 15.7. The third-order valence-corrected chi connectivity index (χ3v) is 5.39. The Balaban J connectivity index is 1.50. The van der Waals surface area contributed by atoms with Crippen molar-refractivity contribution in [2.24, 2.45) is 5.73 Å². The summed E-state index contributed by atoms with van der Waals surface area (Å²) in [6.45, 7) is 0.842. The average Bonchev–Trinajstić information content (AvgIpc) is 3.27. The number of nitrogens with zero attached hydrogens (tertiary/aromatic N) is 1. The summed E-state index contributed by atoms with van der Waals surface area (Å²) in [5.41, 5.74) is 10.7. The van der Waals surface area contributed by atoms with Crippen molar-refractivity contribution >= 4 is 17.1 Å². The Morgan fingerprint density at radius 2 is 1.72 bits per heavy atom. The van der Waals surface area contributed by atoms with Crippen LogP contribution in [-0.4, -0.2) is 22.6 Å². The summed E-state index contributed by atoms with van der Waals surface area (Å²) in [7, 11) is 0. The van der Waals surface area contributed by atoms with Gasteiger partial charge in [-0.15, -0.1) is 0 Å². The monoisotopic (exact) mass is 428 g/mol. The van der Waals surface area contributed by atoms with E-state index in [1.165, 1.54) is 0 Å². The van der Waals surface area contributed by atoms with Crippen LogP contribution in [0.1, 0.15) is 36.7 Å². The molecule has 0 aliphatic rings. The van der Waals surface area contributed by atoms with Crippen LogP contribution >= 0.6 is 0 Å². The number of carbonyl (C=O) groups excluding carboxylic acids is 1. The molecule has 0 bridgehead atoms. The van der Waals surface area contributed by atoms with E-state index in [2.05, 4.69) is 34.6 Å². The van der Waals surface area contributed by atoms with E-state index < -0.39 is 6.09 Å². The summed E-state index contributed by atoms with van der Waals surface area (Å²) in [4.78, 5) is 20.6. The van der Waals surface area contributed by atoms with Crippen molar-refractivity contribution in [1.82, 2.24) is 15.3 Å². The van der Waals surface area contributed by atoms with E-state index >= 15 is 0 Å². The lowest BCUT2D eigenvalue weighted by molar-refractivity contribution is 0.134. The number of unbranched alkanes of at least 4 members (excludes halogenated alkanes) is 1. The second-order valence-corrected chi connectivity index (χ2v) is 7.76. The number of ether oxygens (including phenoxy) is 1. The van der Waals surface area contributed by atoms with Gasteiger partial charge in [-0.3, -0.25) is 0 Å². The number of alkyl carbamates (subject to hydrolysis) is 1. The van der Waals surface area contributed by atoms with Gasteiger partial charge in [-0.05, 0) is 54.6 Å². The smallest absolute Gasteiger partial charge is 0.408 e. The number of nitrogens with two attached hydrogens (primary N) is 1. The molecular formula is C26H28N4O2. The Morgan fingerprint density at radius 1 is 0.969 bits per heavy atom. The first-order valence-corrected chi connectivity index (χ1v) is 11.0. The van der Waals surface area contributed by atoms with Gasteiger partial charge in [0.05, 0.1) is 17.1 Å². The second-order valence-electron chi connectivity index (χ2n) is 7.76. The molecule has 1 unspecified atom stereocenters. The third-order valence-electron chi connectivity index (χ3n) is 5.39. The van der Waals surface area contributed by atoms with Crippen LogP contribution in [-0.2, 0) is 11.3 Å². The average molecular weight is 429 g/mol. The minimum Gasteiger partial charge on any atom is -0.445 e. The van der Waals surface area contributed by atoms with Crippen LogP contribution in [0.15, 0.2) is 78.9 Å². The lowest BCUT2D eigenvalue weighted by atomic mass is 10.1. The number of rotatable bonds is 9. The van der Waals surface area contributed by atoms with E-state index in [0.717, 1.165) is 52.8 Å². The Hall–Kier alpha value is -3.64. The Labute approximate surface area is 187 Å². The quantitative estimate of drug-likeness (QED) is 0.314. The lowest BCUT2D eigenvalue weighted by Crippen LogP contribution is -2.30. The lowest BCUT2D eigenvalue weighted by Gasteiger charge is -2.16. The highest BCUT2D eigenvalue weighted by Gasteiger charge is 2.19. The van der Waals surface area contributed by atoms with Gasteiger partial charge in [0.15, 0.2) is 0 Å². The fraction of sp³-hybridized carbons (Fsp3) is 0.231. The highest BCUT2D eigenvalue weighted by molar-refractivity contribution is 5.82. The maximum absolute atomic E-state index is 12.5. The van der Waals surface area contributed by atoms with Crippen molar-refractivity contribution in [1.29, 1.82) is 0 Å². The molecule has 32 heavy (non-hydrogen) atoms. The number of aromatic nitrogens is 2. The molecule has 1 heterocycles. The van der Waals surface area contributed by atoms with E-state index in [1.54, 1.807) is 0 Å². The van der Waals surface area contributed by atoms with Crippen LogP contribution in [0.5, 0.6) is 0 Å². The third kappa shape index (κ3) is 5.53. The van der Waals surface area contributed by atoms with Gasteiger partial charge in [0.2, 0.25) is 0 Å². The van der Waals surface area contributed by atoms with E-state index in [1.807, 2.05) is 54.6 Å². The van der Waals surface area contributed by atoms with Crippen LogP contribution in [0.2, 0.25) is 0 Å².